The first-order chi connectivity index (χ1) is 14.1. The van der Waals surface area contributed by atoms with E-state index in [-0.39, 0.29) is 0 Å². The van der Waals surface area contributed by atoms with Crippen LogP contribution in [0.1, 0.15) is 38.0 Å². The lowest BCUT2D eigenvalue weighted by Crippen LogP contribution is -2.43. The molecule has 2 aromatic rings. The Balaban J connectivity index is 1.46. The Hall–Kier alpha value is -2.12. The van der Waals surface area contributed by atoms with Crippen molar-refractivity contribution in [3.8, 4) is 11.4 Å². The summed E-state index contributed by atoms with van der Waals surface area (Å²) in [7, 11) is 3.56. The zero-order valence-corrected chi connectivity index (χ0v) is 18.0. The molecule has 0 spiro atoms. The van der Waals surface area contributed by atoms with Crippen molar-refractivity contribution in [1.82, 2.24) is 20.8 Å². The highest BCUT2D eigenvalue weighted by atomic mass is 35.5. The predicted octanol–water partition coefficient (Wildman–Crippen LogP) is 3.69. The lowest BCUT2D eigenvalue weighted by atomic mass is 9.83. The molecular weight excluding hydrogens is 390 g/mol. The minimum absolute atomic E-state index is 0.313. The van der Waals surface area contributed by atoms with Crippen LogP contribution in [0.15, 0.2) is 33.8 Å². The van der Waals surface area contributed by atoms with Crippen LogP contribution in [-0.2, 0) is 11.2 Å². The van der Waals surface area contributed by atoms with Crippen LogP contribution < -0.4 is 10.6 Å². The summed E-state index contributed by atoms with van der Waals surface area (Å²) < 4.78 is 10.7. The van der Waals surface area contributed by atoms with Crippen molar-refractivity contribution in [2.24, 2.45) is 10.4 Å². The first-order valence-electron chi connectivity index (χ1n) is 10.2. The van der Waals surface area contributed by atoms with Gasteiger partial charge in [-0.15, -0.1) is 0 Å². The molecule has 3 rings (SSSR count). The topological polar surface area (TPSA) is 84.6 Å². The van der Waals surface area contributed by atoms with Gasteiger partial charge in [0.15, 0.2) is 5.96 Å². The monoisotopic (exact) mass is 419 g/mol. The Morgan fingerprint density at radius 2 is 2.00 bits per heavy atom. The summed E-state index contributed by atoms with van der Waals surface area (Å²) in [5.41, 5.74) is 1.20. The summed E-state index contributed by atoms with van der Waals surface area (Å²) in [5.74, 6) is 1.96. The van der Waals surface area contributed by atoms with Gasteiger partial charge in [0.1, 0.15) is 0 Å². The number of nitrogens with one attached hydrogen (secondary N) is 2. The highest BCUT2D eigenvalue weighted by Crippen LogP contribution is 2.40. The summed E-state index contributed by atoms with van der Waals surface area (Å²) >= 11 is 5.92. The number of hydrogen-bond donors (Lipinski definition) is 2. The largest absolute Gasteiger partial charge is 0.385 e. The van der Waals surface area contributed by atoms with Crippen LogP contribution >= 0.6 is 11.6 Å². The standard InChI is InChI=1S/C21H30ClN5O2/c1-23-20(25-15-21(12-14-28-2)10-3-4-11-21)24-13-9-18-26-19(27-29-18)16-5-7-17(22)8-6-16/h5-8H,3-4,9-15H2,1-2H3,(H2,23,24,25). The first kappa shape index (κ1) is 21.6. The summed E-state index contributed by atoms with van der Waals surface area (Å²) in [6, 6.07) is 7.38. The Morgan fingerprint density at radius 3 is 2.69 bits per heavy atom. The van der Waals surface area contributed by atoms with Crippen molar-refractivity contribution in [2.75, 3.05) is 33.9 Å². The molecule has 0 aliphatic heterocycles. The molecule has 158 valence electrons. The molecule has 1 saturated carbocycles. The number of benzene rings is 1. The van der Waals surface area contributed by atoms with Gasteiger partial charge in [-0.3, -0.25) is 4.99 Å². The molecule has 0 atom stereocenters. The molecule has 2 N–H and O–H groups in total. The van der Waals surface area contributed by atoms with Gasteiger partial charge in [-0.25, -0.2) is 0 Å². The minimum Gasteiger partial charge on any atom is -0.385 e. The van der Waals surface area contributed by atoms with Crippen LogP contribution in [0.4, 0.5) is 0 Å². The molecule has 1 aromatic carbocycles. The van der Waals surface area contributed by atoms with E-state index in [2.05, 4.69) is 25.8 Å². The van der Waals surface area contributed by atoms with Gasteiger partial charge in [-0.2, -0.15) is 4.98 Å². The number of halogens is 1. The Labute approximate surface area is 177 Å². The molecule has 1 fully saturated rings. The van der Waals surface area contributed by atoms with E-state index in [4.69, 9.17) is 20.9 Å². The second-order valence-electron chi connectivity index (χ2n) is 7.57. The van der Waals surface area contributed by atoms with Crippen molar-refractivity contribution < 1.29 is 9.26 Å². The van der Waals surface area contributed by atoms with E-state index >= 15 is 0 Å². The van der Waals surface area contributed by atoms with Crippen LogP contribution in [0.25, 0.3) is 11.4 Å². The molecule has 8 heteroatoms. The minimum atomic E-state index is 0.313. The van der Waals surface area contributed by atoms with Gasteiger partial charge in [0, 0.05) is 50.9 Å². The molecule has 0 saturated heterocycles. The fraction of sp³-hybridized carbons (Fsp3) is 0.571. The fourth-order valence-corrected chi connectivity index (χ4v) is 3.94. The maximum absolute atomic E-state index is 5.92. The van der Waals surface area contributed by atoms with Gasteiger partial charge in [0.2, 0.25) is 11.7 Å². The number of aromatic nitrogens is 2. The third kappa shape index (κ3) is 6.18. The molecule has 29 heavy (non-hydrogen) atoms. The molecule has 0 bridgehead atoms. The van der Waals surface area contributed by atoms with E-state index in [0.717, 1.165) is 31.1 Å². The van der Waals surface area contributed by atoms with E-state index in [1.54, 1.807) is 14.2 Å². The van der Waals surface area contributed by atoms with Crippen molar-refractivity contribution in [1.29, 1.82) is 0 Å². The number of aliphatic imine (C=N–C) groups is 1. The zero-order chi connectivity index (χ0) is 20.5. The summed E-state index contributed by atoms with van der Waals surface area (Å²) in [4.78, 5) is 8.79. The normalized spacial score (nSPS) is 16.2. The van der Waals surface area contributed by atoms with E-state index in [9.17, 15) is 0 Å². The van der Waals surface area contributed by atoms with Gasteiger partial charge < -0.3 is 19.9 Å². The fourth-order valence-electron chi connectivity index (χ4n) is 3.81. The molecule has 7 nitrogen and oxygen atoms in total. The third-order valence-electron chi connectivity index (χ3n) is 5.56. The van der Waals surface area contributed by atoms with E-state index in [1.165, 1.54) is 25.7 Å². The number of methoxy groups -OCH3 is 1. The van der Waals surface area contributed by atoms with Crippen molar-refractivity contribution in [3.05, 3.63) is 35.2 Å². The number of nitrogens with zero attached hydrogens (tertiary/aromatic N) is 3. The van der Waals surface area contributed by atoms with Crippen LogP contribution in [0.2, 0.25) is 5.02 Å². The van der Waals surface area contributed by atoms with Gasteiger partial charge in [-0.05, 0) is 48.9 Å². The summed E-state index contributed by atoms with van der Waals surface area (Å²) in [6.07, 6.45) is 6.79. The molecule has 0 unspecified atom stereocenters. The highest BCUT2D eigenvalue weighted by molar-refractivity contribution is 6.30. The van der Waals surface area contributed by atoms with E-state index in [1.807, 2.05) is 24.3 Å². The molecule has 1 aromatic heterocycles. The van der Waals surface area contributed by atoms with Crippen molar-refractivity contribution in [2.45, 2.75) is 38.5 Å². The smallest absolute Gasteiger partial charge is 0.228 e. The average Bonchev–Trinajstić information content (AvgIpc) is 3.40. The zero-order valence-electron chi connectivity index (χ0n) is 17.2. The van der Waals surface area contributed by atoms with Gasteiger partial charge >= 0.3 is 0 Å². The molecule has 0 radical (unpaired) electrons. The van der Waals surface area contributed by atoms with E-state index in [0.29, 0.717) is 35.1 Å². The SMILES string of the molecule is CN=C(NCCc1nc(-c2ccc(Cl)cc2)no1)NCC1(CCOC)CCCC1. The maximum atomic E-state index is 5.92. The Kier molecular flexibility index (Phi) is 7.89. The number of hydrogen-bond acceptors (Lipinski definition) is 5. The molecule has 0 amide bonds. The van der Waals surface area contributed by atoms with Crippen LogP contribution in [0, 0.1) is 5.41 Å². The van der Waals surface area contributed by atoms with Crippen LogP contribution in [-0.4, -0.2) is 50.0 Å². The molecular formula is C21H30ClN5O2. The van der Waals surface area contributed by atoms with Crippen molar-refractivity contribution >= 4 is 17.6 Å². The number of rotatable bonds is 9. The Morgan fingerprint density at radius 1 is 1.24 bits per heavy atom. The summed E-state index contributed by atoms with van der Waals surface area (Å²) in [6.45, 7) is 2.38. The summed E-state index contributed by atoms with van der Waals surface area (Å²) in [5, 5.41) is 11.6. The van der Waals surface area contributed by atoms with Crippen LogP contribution in [0.5, 0.6) is 0 Å². The van der Waals surface area contributed by atoms with Gasteiger partial charge in [0.25, 0.3) is 0 Å². The second kappa shape index (κ2) is 10.6. The maximum Gasteiger partial charge on any atom is 0.228 e. The molecule has 1 aliphatic rings. The second-order valence-corrected chi connectivity index (χ2v) is 8.01. The van der Waals surface area contributed by atoms with Gasteiger partial charge in [-0.1, -0.05) is 29.6 Å². The van der Waals surface area contributed by atoms with Crippen molar-refractivity contribution in [3.63, 3.8) is 0 Å². The quantitative estimate of drug-likeness (QED) is 0.476. The number of ether oxygens (including phenoxy) is 1. The first-order valence-corrected chi connectivity index (χ1v) is 10.5. The highest BCUT2D eigenvalue weighted by Gasteiger charge is 2.33. The third-order valence-corrected chi connectivity index (χ3v) is 5.81. The molecule has 1 aliphatic carbocycles. The number of guanidine groups is 1. The Bertz CT molecular complexity index is 785. The lowest BCUT2D eigenvalue weighted by molar-refractivity contribution is 0.138. The predicted molar refractivity (Wildman–Crippen MR) is 115 cm³/mol. The molecule has 1 heterocycles. The van der Waals surface area contributed by atoms with Crippen LogP contribution in [0.3, 0.4) is 0 Å². The lowest BCUT2D eigenvalue weighted by Gasteiger charge is -2.29. The van der Waals surface area contributed by atoms with E-state index < -0.39 is 0 Å². The average molecular weight is 420 g/mol. The van der Waals surface area contributed by atoms with Gasteiger partial charge in [0.05, 0.1) is 0 Å².